The lowest BCUT2D eigenvalue weighted by Gasteiger charge is -2.05. The minimum absolute atomic E-state index is 0.0352. The Balaban J connectivity index is 2.12. The molecule has 0 spiro atoms. The van der Waals surface area contributed by atoms with Crippen molar-refractivity contribution in [2.75, 3.05) is 0 Å². The highest BCUT2D eigenvalue weighted by Crippen LogP contribution is 2.28. The molecular formula is C14H9N3O4S. The molecule has 1 aromatic carbocycles. The van der Waals surface area contributed by atoms with Gasteiger partial charge < -0.3 is 5.11 Å². The fourth-order valence-corrected chi connectivity index (χ4v) is 2.72. The van der Waals surface area contributed by atoms with Crippen molar-refractivity contribution in [1.82, 2.24) is 9.78 Å². The monoisotopic (exact) mass is 315 g/mol. The number of nitro groups is 1. The fraction of sp³-hybridized carbons (Fsp3) is 0. The van der Waals surface area contributed by atoms with Gasteiger partial charge in [-0.1, -0.05) is 6.07 Å². The number of thiophene rings is 1. The number of aromatic carboxylic acids is 1. The molecule has 110 valence electrons. The molecule has 2 heterocycles. The van der Waals surface area contributed by atoms with E-state index in [9.17, 15) is 14.9 Å². The van der Waals surface area contributed by atoms with Gasteiger partial charge in [-0.2, -0.15) is 5.10 Å². The maximum atomic E-state index is 11.1. The highest BCUT2D eigenvalue weighted by Gasteiger charge is 2.17. The van der Waals surface area contributed by atoms with Crippen LogP contribution in [0.1, 0.15) is 10.5 Å². The van der Waals surface area contributed by atoms with E-state index in [1.165, 1.54) is 46.4 Å². The highest BCUT2D eigenvalue weighted by atomic mass is 32.1. The fourth-order valence-electron chi connectivity index (χ4n) is 2.00. The number of hydrogen-bond acceptors (Lipinski definition) is 5. The molecule has 0 radical (unpaired) electrons. The summed E-state index contributed by atoms with van der Waals surface area (Å²) in [5.74, 6) is -1.13. The summed E-state index contributed by atoms with van der Waals surface area (Å²) < 4.78 is 1.47. The Kier molecular flexibility index (Phi) is 3.43. The van der Waals surface area contributed by atoms with Gasteiger partial charge >= 0.3 is 5.97 Å². The predicted octanol–water partition coefficient (Wildman–Crippen LogP) is 3.21. The van der Waals surface area contributed by atoms with Crippen molar-refractivity contribution in [1.29, 1.82) is 0 Å². The van der Waals surface area contributed by atoms with E-state index in [1.54, 1.807) is 0 Å². The highest BCUT2D eigenvalue weighted by molar-refractivity contribution is 7.13. The smallest absolute Gasteiger partial charge is 0.356 e. The van der Waals surface area contributed by atoms with Crippen LogP contribution in [0.2, 0.25) is 0 Å². The quantitative estimate of drug-likeness (QED) is 0.589. The van der Waals surface area contributed by atoms with Crippen LogP contribution in [-0.4, -0.2) is 25.8 Å². The average Bonchev–Trinajstić information content (AvgIpc) is 3.16. The molecular weight excluding hydrogens is 306 g/mol. The Labute approximate surface area is 128 Å². The molecule has 0 aliphatic heterocycles. The lowest BCUT2D eigenvalue weighted by atomic mass is 10.2. The summed E-state index contributed by atoms with van der Waals surface area (Å²) in [7, 11) is 0. The predicted molar refractivity (Wildman–Crippen MR) is 80.5 cm³/mol. The van der Waals surface area contributed by atoms with Gasteiger partial charge in [-0.15, -0.1) is 11.3 Å². The van der Waals surface area contributed by atoms with Gasteiger partial charge in [0.1, 0.15) is 0 Å². The van der Waals surface area contributed by atoms with E-state index in [0.29, 0.717) is 11.4 Å². The molecule has 8 heteroatoms. The number of benzene rings is 1. The molecule has 0 fully saturated rings. The zero-order chi connectivity index (χ0) is 15.7. The van der Waals surface area contributed by atoms with E-state index >= 15 is 0 Å². The van der Waals surface area contributed by atoms with Crippen molar-refractivity contribution >= 4 is 23.0 Å². The van der Waals surface area contributed by atoms with Crippen LogP contribution in [0.4, 0.5) is 5.69 Å². The number of hydrogen-bond donors (Lipinski definition) is 1. The second-order valence-electron chi connectivity index (χ2n) is 4.38. The van der Waals surface area contributed by atoms with E-state index in [4.69, 9.17) is 5.11 Å². The Hall–Kier alpha value is -3.00. The zero-order valence-electron chi connectivity index (χ0n) is 11.0. The van der Waals surface area contributed by atoms with Crippen LogP contribution in [0.25, 0.3) is 16.3 Å². The van der Waals surface area contributed by atoms with Gasteiger partial charge in [0, 0.05) is 18.2 Å². The minimum atomic E-state index is -1.13. The number of rotatable bonds is 4. The van der Waals surface area contributed by atoms with E-state index in [-0.39, 0.29) is 11.4 Å². The van der Waals surface area contributed by atoms with E-state index in [1.807, 2.05) is 17.5 Å². The van der Waals surface area contributed by atoms with Crippen molar-refractivity contribution in [2.24, 2.45) is 0 Å². The van der Waals surface area contributed by atoms with Gasteiger partial charge in [-0.25, -0.2) is 9.48 Å². The second kappa shape index (κ2) is 5.41. The lowest BCUT2D eigenvalue weighted by Crippen LogP contribution is -2.02. The van der Waals surface area contributed by atoms with Crippen LogP contribution in [0.3, 0.4) is 0 Å². The summed E-state index contributed by atoms with van der Waals surface area (Å²) in [4.78, 5) is 22.2. The Morgan fingerprint density at radius 2 is 2.00 bits per heavy atom. The first kappa shape index (κ1) is 14.0. The van der Waals surface area contributed by atoms with Gasteiger partial charge in [0.15, 0.2) is 5.69 Å². The largest absolute Gasteiger partial charge is 0.476 e. The molecule has 0 amide bonds. The normalized spacial score (nSPS) is 10.5. The second-order valence-corrected chi connectivity index (χ2v) is 5.33. The van der Waals surface area contributed by atoms with E-state index in [2.05, 4.69) is 5.10 Å². The van der Waals surface area contributed by atoms with Crippen LogP contribution in [0.5, 0.6) is 0 Å². The van der Waals surface area contributed by atoms with Crippen molar-refractivity contribution in [3.8, 4) is 16.3 Å². The number of nitrogens with zero attached hydrogens (tertiary/aromatic N) is 3. The third-order valence-corrected chi connectivity index (χ3v) is 3.90. The number of nitro benzene ring substituents is 1. The van der Waals surface area contributed by atoms with Crippen LogP contribution in [-0.2, 0) is 0 Å². The van der Waals surface area contributed by atoms with Crippen LogP contribution >= 0.6 is 11.3 Å². The summed E-state index contributed by atoms with van der Waals surface area (Å²) in [6.07, 6.45) is 0. The van der Waals surface area contributed by atoms with Crippen LogP contribution in [0, 0.1) is 10.1 Å². The summed E-state index contributed by atoms with van der Waals surface area (Å²) in [6, 6.07) is 11.0. The lowest BCUT2D eigenvalue weighted by molar-refractivity contribution is -0.384. The standard InChI is InChI=1S/C14H9N3O4S/c18-14(19)11-8-12(13-2-1-7-22-13)16(15-11)9-3-5-10(6-4-9)17(20)21/h1-8H,(H,18,19). The van der Waals surface area contributed by atoms with Gasteiger partial charge in [0.25, 0.3) is 5.69 Å². The molecule has 0 saturated carbocycles. The van der Waals surface area contributed by atoms with Crippen molar-refractivity contribution in [2.45, 2.75) is 0 Å². The first-order chi connectivity index (χ1) is 10.6. The maximum absolute atomic E-state index is 11.1. The number of aromatic nitrogens is 2. The molecule has 0 atom stereocenters. The van der Waals surface area contributed by atoms with Gasteiger partial charge in [0.05, 0.1) is 21.2 Å². The Bertz CT molecular complexity index is 838. The van der Waals surface area contributed by atoms with Crippen molar-refractivity contribution in [3.05, 3.63) is 63.7 Å². The first-order valence-electron chi connectivity index (χ1n) is 6.18. The van der Waals surface area contributed by atoms with E-state index < -0.39 is 10.9 Å². The molecule has 0 bridgehead atoms. The number of carbonyl (C=O) groups is 1. The summed E-state index contributed by atoms with van der Waals surface area (Å²) in [5, 5.41) is 25.8. The molecule has 7 nitrogen and oxygen atoms in total. The Morgan fingerprint density at radius 3 is 2.55 bits per heavy atom. The third-order valence-electron chi connectivity index (χ3n) is 3.01. The van der Waals surface area contributed by atoms with Crippen LogP contribution in [0.15, 0.2) is 47.8 Å². The molecule has 22 heavy (non-hydrogen) atoms. The molecule has 0 aliphatic carbocycles. The molecule has 2 aromatic heterocycles. The molecule has 3 aromatic rings. The number of carboxylic acids is 1. The topological polar surface area (TPSA) is 98.3 Å². The summed E-state index contributed by atoms with van der Waals surface area (Å²) >= 11 is 1.46. The van der Waals surface area contributed by atoms with Gasteiger partial charge in [-0.3, -0.25) is 10.1 Å². The average molecular weight is 315 g/mol. The third kappa shape index (κ3) is 2.47. The molecule has 0 unspecified atom stereocenters. The van der Waals surface area contributed by atoms with Crippen LogP contribution < -0.4 is 0 Å². The minimum Gasteiger partial charge on any atom is -0.476 e. The number of non-ortho nitro benzene ring substituents is 1. The SMILES string of the molecule is O=C(O)c1cc(-c2cccs2)n(-c2ccc([N+](=O)[O-])cc2)n1. The van der Waals surface area contributed by atoms with E-state index in [0.717, 1.165) is 4.88 Å². The molecule has 0 saturated heterocycles. The van der Waals surface area contributed by atoms with Crippen molar-refractivity contribution < 1.29 is 14.8 Å². The summed E-state index contributed by atoms with van der Waals surface area (Å²) in [6.45, 7) is 0. The molecule has 3 rings (SSSR count). The van der Waals surface area contributed by atoms with Crippen molar-refractivity contribution in [3.63, 3.8) is 0 Å². The van der Waals surface area contributed by atoms with Gasteiger partial charge in [-0.05, 0) is 23.6 Å². The Morgan fingerprint density at radius 1 is 1.27 bits per heavy atom. The number of carboxylic acid groups (broad SMARTS) is 1. The molecule has 0 aliphatic rings. The zero-order valence-corrected chi connectivity index (χ0v) is 11.9. The first-order valence-corrected chi connectivity index (χ1v) is 7.06. The maximum Gasteiger partial charge on any atom is 0.356 e. The molecule has 1 N–H and O–H groups in total. The van der Waals surface area contributed by atoms with Gasteiger partial charge in [0.2, 0.25) is 0 Å². The summed E-state index contributed by atoms with van der Waals surface area (Å²) in [5.41, 5.74) is 1.07.